The zero-order valence-corrected chi connectivity index (χ0v) is 11.9. The van der Waals surface area contributed by atoms with Crippen molar-refractivity contribution in [3.63, 3.8) is 0 Å². The number of carbonyl (C=O) groups is 2. The standard InChI is InChI=1S/C12H16N4O5/c1-6-4-15(5-8(6)12(18)19)11(17)10-9(16(20)21)7(2)13-14(10)3/h6,8H,4-5H2,1-3H3,(H,18,19)/t6-,8-/m1/s1. The maximum Gasteiger partial charge on any atom is 0.322 e. The number of rotatable bonds is 3. The van der Waals surface area contributed by atoms with Crippen LogP contribution in [-0.2, 0) is 11.8 Å². The second-order valence-corrected chi connectivity index (χ2v) is 5.30. The molecule has 1 fully saturated rings. The Bertz CT molecular complexity index is 623. The Hall–Kier alpha value is -2.45. The molecule has 2 heterocycles. The maximum atomic E-state index is 12.5. The molecule has 0 bridgehead atoms. The van der Waals surface area contributed by atoms with Gasteiger partial charge >= 0.3 is 11.7 Å². The summed E-state index contributed by atoms with van der Waals surface area (Å²) in [5.74, 6) is -2.36. The van der Waals surface area contributed by atoms with Crippen molar-refractivity contribution in [3.8, 4) is 0 Å². The number of aryl methyl sites for hydroxylation is 2. The normalized spacial score (nSPS) is 21.6. The minimum atomic E-state index is -0.964. The van der Waals surface area contributed by atoms with E-state index in [0.29, 0.717) is 0 Å². The molecule has 1 N–H and O–H groups in total. The number of carbonyl (C=O) groups excluding carboxylic acids is 1. The van der Waals surface area contributed by atoms with Gasteiger partial charge in [0.25, 0.3) is 5.91 Å². The van der Waals surface area contributed by atoms with Crippen LogP contribution in [0.15, 0.2) is 0 Å². The number of nitrogens with zero attached hydrogens (tertiary/aromatic N) is 4. The molecule has 1 saturated heterocycles. The Kier molecular flexibility index (Phi) is 3.67. The Balaban J connectivity index is 2.34. The first-order valence-electron chi connectivity index (χ1n) is 6.44. The molecule has 1 aromatic rings. The lowest BCUT2D eigenvalue weighted by Gasteiger charge is -2.15. The Morgan fingerprint density at radius 3 is 2.52 bits per heavy atom. The molecule has 2 atom stereocenters. The van der Waals surface area contributed by atoms with Gasteiger partial charge in [-0.15, -0.1) is 0 Å². The molecule has 0 saturated carbocycles. The van der Waals surface area contributed by atoms with Crippen LogP contribution in [0.5, 0.6) is 0 Å². The molecule has 1 aliphatic heterocycles. The SMILES string of the molecule is Cc1nn(C)c(C(=O)N2C[C@@H](C)[C@H](C(=O)O)C2)c1[N+](=O)[O-]. The third kappa shape index (κ3) is 2.46. The van der Waals surface area contributed by atoms with Gasteiger partial charge in [-0.2, -0.15) is 5.10 Å². The average Bonchev–Trinajstić information content (AvgIpc) is 2.88. The molecule has 0 radical (unpaired) electrons. The highest BCUT2D eigenvalue weighted by atomic mass is 16.6. The number of amides is 1. The number of aliphatic carboxylic acids is 1. The second kappa shape index (κ2) is 5.15. The van der Waals surface area contributed by atoms with Crippen molar-refractivity contribution >= 4 is 17.6 Å². The molecule has 1 amide bonds. The summed E-state index contributed by atoms with van der Waals surface area (Å²) in [6.07, 6.45) is 0. The van der Waals surface area contributed by atoms with Crippen LogP contribution in [0, 0.1) is 28.9 Å². The molecular formula is C12H16N4O5. The smallest absolute Gasteiger partial charge is 0.322 e. The largest absolute Gasteiger partial charge is 0.481 e. The maximum absolute atomic E-state index is 12.5. The van der Waals surface area contributed by atoms with Gasteiger partial charge in [0.1, 0.15) is 5.69 Å². The first kappa shape index (κ1) is 14.9. The predicted octanol–water partition coefficient (Wildman–Crippen LogP) is 0.429. The number of carboxylic acid groups (broad SMARTS) is 1. The van der Waals surface area contributed by atoms with Crippen LogP contribution in [-0.4, -0.2) is 49.7 Å². The van der Waals surface area contributed by atoms with Gasteiger partial charge in [0.2, 0.25) is 5.69 Å². The molecule has 21 heavy (non-hydrogen) atoms. The van der Waals surface area contributed by atoms with Crippen LogP contribution < -0.4 is 0 Å². The topological polar surface area (TPSA) is 119 Å². The van der Waals surface area contributed by atoms with Gasteiger partial charge in [0.15, 0.2) is 0 Å². The van der Waals surface area contributed by atoms with Crippen LogP contribution in [0.25, 0.3) is 0 Å². The number of hydrogen-bond donors (Lipinski definition) is 1. The van der Waals surface area contributed by atoms with Crippen LogP contribution >= 0.6 is 0 Å². The van der Waals surface area contributed by atoms with E-state index in [-0.39, 0.29) is 36.1 Å². The Morgan fingerprint density at radius 2 is 2.05 bits per heavy atom. The second-order valence-electron chi connectivity index (χ2n) is 5.30. The van der Waals surface area contributed by atoms with Crippen molar-refractivity contribution in [1.29, 1.82) is 0 Å². The number of aromatic nitrogens is 2. The van der Waals surface area contributed by atoms with Gasteiger partial charge in [0, 0.05) is 20.1 Å². The third-order valence-electron chi connectivity index (χ3n) is 3.79. The molecule has 0 unspecified atom stereocenters. The molecule has 9 nitrogen and oxygen atoms in total. The van der Waals surface area contributed by atoms with E-state index >= 15 is 0 Å². The van der Waals surface area contributed by atoms with Gasteiger partial charge in [-0.05, 0) is 12.8 Å². The fourth-order valence-corrected chi connectivity index (χ4v) is 2.71. The lowest BCUT2D eigenvalue weighted by Crippen LogP contribution is -2.31. The quantitative estimate of drug-likeness (QED) is 0.638. The zero-order valence-electron chi connectivity index (χ0n) is 11.9. The zero-order chi connectivity index (χ0) is 15.9. The molecule has 0 aliphatic carbocycles. The summed E-state index contributed by atoms with van der Waals surface area (Å²) in [4.78, 5) is 35.4. The first-order chi connectivity index (χ1) is 9.73. The van der Waals surface area contributed by atoms with Gasteiger partial charge in [-0.25, -0.2) is 0 Å². The minimum Gasteiger partial charge on any atom is -0.481 e. The molecule has 2 rings (SSSR count). The van der Waals surface area contributed by atoms with E-state index in [0.717, 1.165) is 0 Å². The van der Waals surface area contributed by atoms with Crippen molar-refractivity contribution < 1.29 is 19.6 Å². The molecule has 1 aromatic heterocycles. The van der Waals surface area contributed by atoms with Gasteiger partial charge in [0.05, 0.1) is 10.8 Å². The van der Waals surface area contributed by atoms with E-state index in [1.807, 2.05) is 0 Å². The Labute approximate surface area is 120 Å². The average molecular weight is 296 g/mol. The summed E-state index contributed by atoms with van der Waals surface area (Å²) >= 11 is 0. The predicted molar refractivity (Wildman–Crippen MR) is 70.8 cm³/mol. The van der Waals surface area contributed by atoms with E-state index in [1.165, 1.54) is 23.6 Å². The summed E-state index contributed by atoms with van der Waals surface area (Å²) < 4.78 is 1.18. The van der Waals surface area contributed by atoms with E-state index < -0.39 is 22.7 Å². The first-order valence-corrected chi connectivity index (χ1v) is 6.44. The van der Waals surface area contributed by atoms with Crippen LogP contribution in [0.2, 0.25) is 0 Å². The molecule has 114 valence electrons. The number of nitro groups is 1. The molecule has 9 heteroatoms. The fourth-order valence-electron chi connectivity index (χ4n) is 2.71. The van der Waals surface area contributed by atoms with Crippen LogP contribution in [0.3, 0.4) is 0 Å². The summed E-state index contributed by atoms with van der Waals surface area (Å²) in [5, 5.41) is 24.1. The monoisotopic (exact) mass is 296 g/mol. The number of hydrogen-bond acceptors (Lipinski definition) is 5. The van der Waals surface area contributed by atoms with Gasteiger partial charge in [-0.3, -0.25) is 24.4 Å². The molecule has 0 spiro atoms. The lowest BCUT2D eigenvalue weighted by molar-refractivity contribution is -0.385. The van der Waals surface area contributed by atoms with E-state index in [2.05, 4.69) is 5.10 Å². The number of carboxylic acids is 1. The summed E-state index contributed by atoms with van der Waals surface area (Å²) in [7, 11) is 1.46. The highest BCUT2D eigenvalue weighted by molar-refractivity contribution is 5.97. The van der Waals surface area contributed by atoms with Crippen molar-refractivity contribution in [2.45, 2.75) is 13.8 Å². The van der Waals surface area contributed by atoms with Gasteiger partial charge < -0.3 is 10.0 Å². The van der Waals surface area contributed by atoms with E-state index in [1.54, 1.807) is 6.92 Å². The van der Waals surface area contributed by atoms with Crippen LogP contribution in [0.4, 0.5) is 5.69 Å². The summed E-state index contributed by atoms with van der Waals surface area (Å²) in [6.45, 7) is 3.52. The summed E-state index contributed by atoms with van der Waals surface area (Å²) in [6, 6.07) is 0. The van der Waals surface area contributed by atoms with Gasteiger partial charge in [-0.1, -0.05) is 6.92 Å². The molecule has 1 aliphatic rings. The fraction of sp³-hybridized carbons (Fsp3) is 0.583. The highest BCUT2D eigenvalue weighted by Gasteiger charge is 2.40. The van der Waals surface area contributed by atoms with Crippen molar-refractivity contribution in [2.75, 3.05) is 13.1 Å². The summed E-state index contributed by atoms with van der Waals surface area (Å²) in [5.41, 5.74) is -0.280. The lowest BCUT2D eigenvalue weighted by atomic mass is 9.99. The van der Waals surface area contributed by atoms with Crippen molar-refractivity contribution in [3.05, 3.63) is 21.5 Å². The van der Waals surface area contributed by atoms with Crippen LogP contribution in [0.1, 0.15) is 23.1 Å². The van der Waals surface area contributed by atoms with E-state index in [4.69, 9.17) is 5.11 Å². The number of likely N-dealkylation sites (tertiary alicyclic amines) is 1. The minimum absolute atomic E-state index is 0.0523. The highest BCUT2D eigenvalue weighted by Crippen LogP contribution is 2.28. The van der Waals surface area contributed by atoms with Crippen molar-refractivity contribution in [2.24, 2.45) is 18.9 Å². The third-order valence-corrected chi connectivity index (χ3v) is 3.79. The van der Waals surface area contributed by atoms with E-state index in [9.17, 15) is 19.7 Å². The Morgan fingerprint density at radius 1 is 1.43 bits per heavy atom. The molecular weight excluding hydrogens is 280 g/mol. The molecule has 0 aromatic carbocycles. The van der Waals surface area contributed by atoms with Crippen molar-refractivity contribution in [1.82, 2.24) is 14.7 Å².